The van der Waals surface area contributed by atoms with E-state index in [1.54, 1.807) is 0 Å². The Balaban J connectivity index is 2.28. The summed E-state index contributed by atoms with van der Waals surface area (Å²) in [7, 11) is 0. The van der Waals surface area contributed by atoms with E-state index in [9.17, 15) is 0 Å². The maximum Gasteiger partial charge on any atom is 0.00683 e. The summed E-state index contributed by atoms with van der Waals surface area (Å²) in [6, 6.07) is 0.868. The molecule has 102 valence electrons. The van der Waals surface area contributed by atoms with Crippen LogP contribution in [0.5, 0.6) is 0 Å². The highest BCUT2D eigenvalue weighted by Crippen LogP contribution is 2.27. The molecule has 1 saturated carbocycles. The molecule has 2 atom stereocenters. The van der Waals surface area contributed by atoms with Crippen LogP contribution in [0.15, 0.2) is 0 Å². The molecule has 0 heterocycles. The molecule has 0 aromatic carbocycles. The van der Waals surface area contributed by atoms with Gasteiger partial charge in [-0.25, -0.2) is 0 Å². The highest BCUT2D eigenvalue weighted by atomic mass is 14.9. The minimum absolute atomic E-state index is 0.830. The van der Waals surface area contributed by atoms with Crippen molar-refractivity contribution < 1.29 is 0 Å². The summed E-state index contributed by atoms with van der Waals surface area (Å²) in [5, 5.41) is 3.72. The van der Waals surface area contributed by atoms with Gasteiger partial charge in [0.25, 0.3) is 0 Å². The highest BCUT2D eigenvalue weighted by Gasteiger charge is 2.24. The van der Waals surface area contributed by atoms with Crippen LogP contribution in [0.2, 0.25) is 0 Å². The van der Waals surface area contributed by atoms with E-state index in [2.05, 4.69) is 33.0 Å². The zero-order valence-electron chi connectivity index (χ0n) is 12.5. The van der Waals surface area contributed by atoms with Crippen LogP contribution >= 0.6 is 0 Å². The third-order valence-corrected chi connectivity index (χ3v) is 4.37. The fourth-order valence-corrected chi connectivity index (χ4v) is 2.61. The summed E-state index contributed by atoms with van der Waals surface area (Å²) in [5.41, 5.74) is 0. The fourth-order valence-electron chi connectivity index (χ4n) is 2.61. The Morgan fingerprint density at radius 2 is 1.88 bits per heavy atom. The average Bonchev–Trinajstić information content (AvgIpc) is 3.11. The van der Waals surface area contributed by atoms with Crippen molar-refractivity contribution >= 4 is 0 Å². The first kappa shape index (κ1) is 15.0. The molecule has 1 fully saturated rings. The molecule has 1 nitrogen and oxygen atoms in total. The molecule has 0 aromatic heterocycles. The van der Waals surface area contributed by atoms with Crippen molar-refractivity contribution in [2.75, 3.05) is 6.54 Å². The maximum absolute atomic E-state index is 3.72. The second-order valence-corrected chi connectivity index (χ2v) is 6.34. The summed E-state index contributed by atoms with van der Waals surface area (Å²) < 4.78 is 0. The Morgan fingerprint density at radius 1 is 1.18 bits per heavy atom. The lowest BCUT2D eigenvalue weighted by atomic mass is 9.83. The SMILES string of the molecule is CCCCC(CC)CC(CNC1CC1)C(C)C. The number of unbranched alkanes of at least 4 members (excludes halogenated alkanes) is 1. The van der Waals surface area contributed by atoms with E-state index in [4.69, 9.17) is 0 Å². The van der Waals surface area contributed by atoms with E-state index in [0.717, 1.165) is 23.8 Å². The molecule has 1 heteroatoms. The molecule has 0 amide bonds. The second kappa shape index (κ2) is 8.13. The minimum atomic E-state index is 0.830. The van der Waals surface area contributed by atoms with Gasteiger partial charge in [-0.1, -0.05) is 53.4 Å². The quantitative estimate of drug-likeness (QED) is 0.586. The topological polar surface area (TPSA) is 12.0 Å². The van der Waals surface area contributed by atoms with Crippen molar-refractivity contribution in [2.24, 2.45) is 17.8 Å². The van der Waals surface area contributed by atoms with Crippen LogP contribution in [0.25, 0.3) is 0 Å². The van der Waals surface area contributed by atoms with Gasteiger partial charge in [0.05, 0.1) is 0 Å². The third kappa shape index (κ3) is 6.45. The summed E-state index contributed by atoms with van der Waals surface area (Å²) >= 11 is 0. The lowest BCUT2D eigenvalue weighted by Crippen LogP contribution is -2.29. The van der Waals surface area contributed by atoms with E-state index in [-0.39, 0.29) is 0 Å². The van der Waals surface area contributed by atoms with Crippen molar-refractivity contribution in [1.29, 1.82) is 0 Å². The van der Waals surface area contributed by atoms with Gasteiger partial charge in [0.15, 0.2) is 0 Å². The molecule has 1 rings (SSSR count). The smallest absolute Gasteiger partial charge is 0.00683 e. The van der Waals surface area contributed by atoms with Crippen LogP contribution in [-0.4, -0.2) is 12.6 Å². The molecule has 0 aromatic rings. The Labute approximate surface area is 109 Å². The molecule has 0 spiro atoms. The van der Waals surface area contributed by atoms with Gasteiger partial charge in [-0.3, -0.25) is 0 Å². The standard InChI is InChI=1S/C16H33N/c1-5-7-8-14(6-2)11-15(13(3)4)12-17-16-9-10-16/h13-17H,5-12H2,1-4H3. The first-order valence-corrected chi connectivity index (χ1v) is 7.90. The van der Waals surface area contributed by atoms with E-state index >= 15 is 0 Å². The molecule has 0 bridgehead atoms. The van der Waals surface area contributed by atoms with E-state index in [1.165, 1.54) is 51.5 Å². The first-order valence-electron chi connectivity index (χ1n) is 7.90. The number of hydrogen-bond acceptors (Lipinski definition) is 1. The third-order valence-electron chi connectivity index (χ3n) is 4.37. The van der Waals surface area contributed by atoms with E-state index in [0.29, 0.717) is 0 Å². The summed E-state index contributed by atoms with van der Waals surface area (Å²) in [5.74, 6) is 2.68. The van der Waals surface area contributed by atoms with Crippen molar-refractivity contribution in [2.45, 2.75) is 78.7 Å². The molecule has 1 aliphatic carbocycles. The monoisotopic (exact) mass is 239 g/mol. The Morgan fingerprint density at radius 3 is 2.35 bits per heavy atom. The average molecular weight is 239 g/mol. The van der Waals surface area contributed by atoms with Crippen molar-refractivity contribution in [3.8, 4) is 0 Å². The van der Waals surface area contributed by atoms with Crippen LogP contribution in [-0.2, 0) is 0 Å². The molecule has 0 radical (unpaired) electrons. The van der Waals surface area contributed by atoms with Crippen LogP contribution in [0.4, 0.5) is 0 Å². The Hall–Kier alpha value is -0.0400. The van der Waals surface area contributed by atoms with Crippen molar-refractivity contribution in [3.63, 3.8) is 0 Å². The number of rotatable bonds is 10. The Kier molecular flexibility index (Phi) is 7.18. The predicted molar refractivity (Wildman–Crippen MR) is 77.3 cm³/mol. The van der Waals surface area contributed by atoms with Gasteiger partial charge in [0.1, 0.15) is 0 Å². The number of nitrogens with one attached hydrogen (secondary N) is 1. The molecular weight excluding hydrogens is 206 g/mol. The molecule has 0 saturated heterocycles. The van der Waals surface area contributed by atoms with Gasteiger partial charge >= 0.3 is 0 Å². The summed E-state index contributed by atoms with van der Waals surface area (Å²) in [6.07, 6.45) is 9.85. The number of hydrogen-bond donors (Lipinski definition) is 1. The van der Waals surface area contributed by atoms with Crippen LogP contribution in [0, 0.1) is 17.8 Å². The second-order valence-electron chi connectivity index (χ2n) is 6.34. The minimum Gasteiger partial charge on any atom is -0.314 e. The van der Waals surface area contributed by atoms with Crippen LogP contribution < -0.4 is 5.32 Å². The fraction of sp³-hybridized carbons (Fsp3) is 1.00. The van der Waals surface area contributed by atoms with E-state index < -0.39 is 0 Å². The van der Waals surface area contributed by atoms with Crippen LogP contribution in [0.3, 0.4) is 0 Å². The first-order chi connectivity index (χ1) is 8.17. The van der Waals surface area contributed by atoms with Gasteiger partial charge in [0.2, 0.25) is 0 Å². The van der Waals surface area contributed by atoms with Gasteiger partial charge in [-0.05, 0) is 43.6 Å². The normalized spacial score (nSPS) is 19.6. The molecule has 1 aliphatic rings. The summed E-state index contributed by atoms with van der Waals surface area (Å²) in [6.45, 7) is 10.7. The largest absolute Gasteiger partial charge is 0.314 e. The van der Waals surface area contributed by atoms with E-state index in [1.807, 2.05) is 0 Å². The summed E-state index contributed by atoms with van der Waals surface area (Å²) in [4.78, 5) is 0. The predicted octanol–water partition coefficient (Wildman–Crippen LogP) is 4.62. The molecule has 2 unspecified atom stereocenters. The molecule has 0 aliphatic heterocycles. The van der Waals surface area contributed by atoms with Gasteiger partial charge in [-0.15, -0.1) is 0 Å². The maximum atomic E-state index is 3.72. The van der Waals surface area contributed by atoms with Gasteiger partial charge in [-0.2, -0.15) is 0 Å². The molecule has 17 heavy (non-hydrogen) atoms. The Bertz CT molecular complexity index is 184. The molecular formula is C16H33N. The molecule has 1 N–H and O–H groups in total. The highest BCUT2D eigenvalue weighted by molar-refractivity contribution is 4.82. The zero-order valence-corrected chi connectivity index (χ0v) is 12.5. The van der Waals surface area contributed by atoms with Crippen molar-refractivity contribution in [3.05, 3.63) is 0 Å². The van der Waals surface area contributed by atoms with Crippen LogP contribution in [0.1, 0.15) is 72.6 Å². The van der Waals surface area contributed by atoms with Crippen molar-refractivity contribution in [1.82, 2.24) is 5.32 Å². The van der Waals surface area contributed by atoms with Gasteiger partial charge < -0.3 is 5.32 Å². The van der Waals surface area contributed by atoms with Gasteiger partial charge in [0, 0.05) is 6.04 Å². The zero-order chi connectivity index (χ0) is 12.7. The lowest BCUT2D eigenvalue weighted by molar-refractivity contribution is 0.268. The lowest BCUT2D eigenvalue weighted by Gasteiger charge is -2.26.